The number of carbonyl (C=O) groups excluding carboxylic acids is 1. The van der Waals surface area contributed by atoms with Crippen LogP contribution in [0.15, 0.2) is 18.2 Å². The molecule has 4 nitrogen and oxygen atoms in total. The minimum Gasteiger partial charge on any atom is -0.380 e. The highest BCUT2D eigenvalue weighted by atomic mass is 35.5. The van der Waals surface area contributed by atoms with Gasteiger partial charge in [-0.25, -0.2) is 4.39 Å². The molecule has 2 rings (SSSR count). The van der Waals surface area contributed by atoms with Crippen molar-refractivity contribution in [3.8, 4) is 0 Å². The van der Waals surface area contributed by atoms with Gasteiger partial charge in [0.15, 0.2) is 0 Å². The zero-order valence-corrected chi connectivity index (χ0v) is 10.6. The quantitative estimate of drug-likeness (QED) is 0.882. The molecule has 18 heavy (non-hydrogen) atoms. The second kappa shape index (κ2) is 5.65. The maximum atomic E-state index is 13.0. The molecule has 2 N–H and O–H groups in total. The predicted molar refractivity (Wildman–Crippen MR) is 67.2 cm³/mol. The number of hydrogen-bond donors (Lipinski definition) is 2. The van der Waals surface area contributed by atoms with Crippen LogP contribution < -0.4 is 10.6 Å². The van der Waals surface area contributed by atoms with Crippen LogP contribution >= 0.6 is 11.6 Å². The second-order valence-electron chi connectivity index (χ2n) is 4.17. The van der Waals surface area contributed by atoms with Gasteiger partial charge in [-0.2, -0.15) is 0 Å². The van der Waals surface area contributed by atoms with E-state index >= 15 is 0 Å². The minimum absolute atomic E-state index is 0.0121. The Kier molecular flexibility index (Phi) is 4.16. The number of anilines is 1. The molecule has 0 saturated carbocycles. The molecule has 1 aliphatic rings. The zero-order chi connectivity index (χ0) is 13.1. The van der Waals surface area contributed by atoms with Crippen molar-refractivity contribution in [2.45, 2.75) is 18.6 Å². The largest absolute Gasteiger partial charge is 0.380 e. The smallest absolute Gasteiger partial charge is 0.241 e. The van der Waals surface area contributed by atoms with Gasteiger partial charge < -0.3 is 15.4 Å². The van der Waals surface area contributed by atoms with Crippen LogP contribution in [0.2, 0.25) is 5.02 Å². The first kappa shape index (κ1) is 13.3. The number of carbonyl (C=O) groups is 1. The maximum Gasteiger partial charge on any atom is 0.241 e. The number of methoxy groups -OCH3 is 1. The number of nitrogens with one attached hydrogen (secondary N) is 2. The SMILES string of the molecule is COC1CNC(C(=O)Nc2ccc(F)c(Cl)c2)C1. The van der Waals surface area contributed by atoms with Crippen LogP contribution in [0, 0.1) is 5.82 Å². The zero-order valence-electron chi connectivity index (χ0n) is 9.87. The molecule has 6 heteroatoms. The molecule has 1 aliphatic heterocycles. The molecule has 2 unspecified atom stereocenters. The molecule has 0 radical (unpaired) electrons. The number of amides is 1. The van der Waals surface area contributed by atoms with Gasteiger partial charge in [0.05, 0.1) is 17.2 Å². The van der Waals surface area contributed by atoms with Gasteiger partial charge in [0.2, 0.25) is 5.91 Å². The summed E-state index contributed by atoms with van der Waals surface area (Å²) in [7, 11) is 1.62. The van der Waals surface area contributed by atoms with Gasteiger partial charge in [0.25, 0.3) is 0 Å². The Hall–Kier alpha value is -1.17. The minimum atomic E-state index is -0.506. The highest BCUT2D eigenvalue weighted by molar-refractivity contribution is 6.31. The van der Waals surface area contributed by atoms with Gasteiger partial charge >= 0.3 is 0 Å². The number of benzene rings is 1. The van der Waals surface area contributed by atoms with Crippen LogP contribution in [-0.2, 0) is 9.53 Å². The highest BCUT2D eigenvalue weighted by Gasteiger charge is 2.29. The van der Waals surface area contributed by atoms with Crippen molar-refractivity contribution < 1.29 is 13.9 Å². The normalized spacial score (nSPS) is 23.1. The summed E-state index contributed by atoms with van der Waals surface area (Å²) in [4.78, 5) is 11.9. The lowest BCUT2D eigenvalue weighted by Gasteiger charge is -2.11. The molecule has 1 heterocycles. The van der Waals surface area contributed by atoms with Gasteiger partial charge in [0.1, 0.15) is 5.82 Å². The Morgan fingerprint density at radius 2 is 2.39 bits per heavy atom. The van der Waals surface area contributed by atoms with E-state index in [9.17, 15) is 9.18 Å². The van der Waals surface area contributed by atoms with E-state index in [1.54, 1.807) is 7.11 Å². The van der Waals surface area contributed by atoms with Gasteiger partial charge in [0, 0.05) is 19.3 Å². The highest BCUT2D eigenvalue weighted by Crippen LogP contribution is 2.20. The van der Waals surface area contributed by atoms with Crippen LogP contribution in [0.3, 0.4) is 0 Å². The van der Waals surface area contributed by atoms with E-state index in [-0.39, 0.29) is 23.1 Å². The topological polar surface area (TPSA) is 50.4 Å². The fourth-order valence-corrected chi connectivity index (χ4v) is 2.07. The molecule has 2 atom stereocenters. The van der Waals surface area contributed by atoms with Crippen molar-refractivity contribution >= 4 is 23.2 Å². The molecular formula is C12H14ClFN2O2. The first-order chi connectivity index (χ1) is 8.60. The van der Waals surface area contributed by atoms with Crippen LogP contribution in [-0.4, -0.2) is 31.7 Å². The van der Waals surface area contributed by atoms with E-state index in [0.29, 0.717) is 18.7 Å². The summed E-state index contributed by atoms with van der Waals surface area (Å²) >= 11 is 5.64. The van der Waals surface area contributed by atoms with Crippen LogP contribution in [0.4, 0.5) is 10.1 Å². The molecule has 0 aromatic heterocycles. The molecular weight excluding hydrogens is 259 g/mol. The van der Waals surface area contributed by atoms with E-state index in [2.05, 4.69) is 10.6 Å². The van der Waals surface area contributed by atoms with Crippen LogP contribution in [0.1, 0.15) is 6.42 Å². The van der Waals surface area contributed by atoms with E-state index in [1.165, 1.54) is 18.2 Å². The Bertz CT molecular complexity index is 456. The first-order valence-electron chi connectivity index (χ1n) is 5.62. The number of halogens is 2. The maximum absolute atomic E-state index is 13.0. The van der Waals surface area contributed by atoms with Crippen molar-refractivity contribution in [3.05, 3.63) is 29.0 Å². The Morgan fingerprint density at radius 3 is 3.00 bits per heavy atom. The van der Waals surface area contributed by atoms with Crippen molar-refractivity contribution in [3.63, 3.8) is 0 Å². The molecule has 0 bridgehead atoms. The summed E-state index contributed by atoms with van der Waals surface area (Å²) < 4.78 is 18.1. The number of hydrogen-bond acceptors (Lipinski definition) is 3. The van der Waals surface area contributed by atoms with Crippen molar-refractivity contribution in [2.75, 3.05) is 19.0 Å². The Morgan fingerprint density at radius 1 is 1.61 bits per heavy atom. The summed E-state index contributed by atoms with van der Waals surface area (Å²) in [5.41, 5.74) is 0.481. The van der Waals surface area contributed by atoms with E-state index < -0.39 is 5.82 Å². The van der Waals surface area contributed by atoms with Gasteiger partial charge in [-0.05, 0) is 24.6 Å². The Balaban J connectivity index is 1.97. The van der Waals surface area contributed by atoms with Crippen molar-refractivity contribution in [1.82, 2.24) is 5.32 Å². The summed E-state index contributed by atoms with van der Waals surface area (Å²) in [5, 5.41) is 5.74. The first-order valence-corrected chi connectivity index (χ1v) is 6.00. The molecule has 1 aromatic carbocycles. The summed E-state index contributed by atoms with van der Waals surface area (Å²) in [5.74, 6) is -0.676. The third-order valence-corrected chi connectivity index (χ3v) is 3.22. The van der Waals surface area contributed by atoms with E-state index in [0.717, 1.165) is 0 Å². The van der Waals surface area contributed by atoms with Gasteiger partial charge in [-0.1, -0.05) is 11.6 Å². The fraction of sp³-hybridized carbons (Fsp3) is 0.417. The Labute approximate surface area is 109 Å². The van der Waals surface area contributed by atoms with Crippen LogP contribution in [0.25, 0.3) is 0 Å². The summed E-state index contributed by atoms with van der Waals surface area (Å²) in [6.07, 6.45) is 0.676. The molecule has 1 fully saturated rings. The van der Waals surface area contributed by atoms with Gasteiger partial charge in [-0.3, -0.25) is 4.79 Å². The number of ether oxygens (including phenoxy) is 1. The molecule has 1 saturated heterocycles. The molecule has 98 valence electrons. The van der Waals surface area contributed by atoms with E-state index in [4.69, 9.17) is 16.3 Å². The monoisotopic (exact) mass is 272 g/mol. The van der Waals surface area contributed by atoms with Crippen molar-refractivity contribution in [2.24, 2.45) is 0 Å². The summed E-state index contributed by atoms with van der Waals surface area (Å²) in [6, 6.07) is 3.79. The predicted octanol–water partition coefficient (Wildman–Crippen LogP) is 1.79. The molecule has 0 spiro atoms. The fourth-order valence-electron chi connectivity index (χ4n) is 1.89. The lowest BCUT2D eigenvalue weighted by atomic mass is 10.2. The average Bonchev–Trinajstić information content (AvgIpc) is 2.82. The third kappa shape index (κ3) is 2.98. The molecule has 1 aromatic rings. The average molecular weight is 273 g/mol. The second-order valence-corrected chi connectivity index (χ2v) is 4.58. The summed E-state index contributed by atoms with van der Waals surface area (Å²) in [6.45, 7) is 0.652. The lowest BCUT2D eigenvalue weighted by Crippen LogP contribution is -2.35. The van der Waals surface area contributed by atoms with Crippen molar-refractivity contribution in [1.29, 1.82) is 0 Å². The van der Waals surface area contributed by atoms with Crippen LogP contribution in [0.5, 0.6) is 0 Å². The van der Waals surface area contributed by atoms with E-state index in [1.807, 2.05) is 0 Å². The third-order valence-electron chi connectivity index (χ3n) is 2.93. The van der Waals surface area contributed by atoms with Gasteiger partial charge in [-0.15, -0.1) is 0 Å². The number of rotatable bonds is 3. The standard InChI is InChI=1S/C12H14ClFN2O2/c1-18-8-5-11(15-6-8)12(17)16-7-2-3-10(14)9(13)4-7/h2-4,8,11,15H,5-6H2,1H3,(H,16,17). The molecule has 0 aliphatic carbocycles. The lowest BCUT2D eigenvalue weighted by molar-refractivity contribution is -0.118. The molecule has 1 amide bonds.